The van der Waals surface area contributed by atoms with Crippen LogP contribution in [0.5, 0.6) is 0 Å². The van der Waals surface area contributed by atoms with Gasteiger partial charge in [-0.2, -0.15) is 5.10 Å². The number of hydrogen-bond acceptors (Lipinski definition) is 6. The molecule has 0 aliphatic heterocycles. The van der Waals surface area contributed by atoms with Gasteiger partial charge in [-0.3, -0.25) is 4.72 Å². The zero-order valence-corrected chi connectivity index (χ0v) is 19.0. The summed E-state index contributed by atoms with van der Waals surface area (Å²) in [6.07, 6.45) is 1.94. The first-order valence-corrected chi connectivity index (χ1v) is 9.88. The predicted molar refractivity (Wildman–Crippen MR) is 86.3 cm³/mol. The van der Waals surface area contributed by atoms with Crippen LogP contribution in [0.2, 0.25) is 10.0 Å². The van der Waals surface area contributed by atoms with Crippen LogP contribution >= 0.6 is 23.2 Å². The van der Waals surface area contributed by atoms with E-state index >= 15 is 0 Å². The summed E-state index contributed by atoms with van der Waals surface area (Å²) in [6, 6.07) is 1.71. The molecule has 1 heterocycles. The van der Waals surface area contributed by atoms with E-state index in [0.717, 1.165) is 29.3 Å². The van der Waals surface area contributed by atoms with Gasteiger partial charge in [-0.25, -0.2) is 26.4 Å². The van der Waals surface area contributed by atoms with Crippen molar-refractivity contribution in [3.63, 3.8) is 0 Å². The fraction of sp³-hybridized carbons (Fsp3) is 0.0909. The second-order valence-electron chi connectivity index (χ2n) is 4.47. The minimum atomic E-state index is -4.79. The Labute approximate surface area is 196 Å². The molecule has 2 rings (SSSR count). The number of sulfonamides is 1. The molecule has 1 aromatic heterocycles. The first-order valence-electron chi connectivity index (χ1n) is 5.82. The molecule has 9 nitrogen and oxygen atoms in total. The van der Waals surface area contributed by atoms with Crippen molar-refractivity contribution >= 4 is 54.8 Å². The first kappa shape index (κ1) is 22.8. The molecule has 14 heteroatoms. The summed E-state index contributed by atoms with van der Waals surface area (Å²) in [5.74, 6) is -0.228. The quantitative estimate of drug-likeness (QED) is 0.363. The molecule has 0 saturated carbocycles. The second-order valence-corrected chi connectivity index (χ2v) is 8.41. The van der Waals surface area contributed by atoms with E-state index in [-0.39, 0.29) is 78.6 Å². The van der Waals surface area contributed by atoms with Crippen molar-refractivity contribution in [3.8, 4) is 5.69 Å². The van der Waals surface area contributed by atoms with Crippen molar-refractivity contribution in [1.29, 1.82) is 0 Å². The molecule has 0 atom stereocenters. The van der Waals surface area contributed by atoms with Crippen LogP contribution in [0.3, 0.4) is 0 Å². The van der Waals surface area contributed by atoms with Gasteiger partial charge in [0.05, 0.1) is 34.0 Å². The maximum Gasteiger partial charge on any atom is 1.00 e. The van der Waals surface area contributed by atoms with Crippen molar-refractivity contribution in [2.75, 3.05) is 11.0 Å². The number of aromatic nitrogens is 2. The summed E-state index contributed by atoms with van der Waals surface area (Å²) in [5.41, 5.74) is -0.222. The van der Waals surface area contributed by atoms with Gasteiger partial charge in [0, 0.05) is 0 Å². The molecular formula is C11H7Cl2KN4O5S2. The summed E-state index contributed by atoms with van der Waals surface area (Å²) in [4.78, 5) is 2.47. The van der Waals surface area contributed by atoms with Gasteiger partial charge in [0.25, 0.3) is 0 Å². The summed E-state index contributed by atoms with van der Waals surface area (Å²) >= 11 is 11.9. The van der Waals surface area contributed by atoms with Crippen LogP contribution in [-0.2, 0) is 20.1 Å². The molecule has 128 valence electrons. The number of nitrogens with zero attached hydrogens (tertiary/aromatic N) is 3. The number of nitrogens with one attached hydrogen (secondary N) is 1. The van der Waals surface area contributed by atoms with E-state index in [1.165, 1.54) is 0 Å². The Morgan fingerprint density at radius 2 is 1.76 bits per heavy atom. The molecule has 0 amide bonds. The summed E-state index contributed by atoms with van der Waals surface area (Å²) < 4.78 is 59.2. The second kappa shape index (κ2) is 8.22. The Morgan fingerprint density at radius 1 is 1.24 bits per heavy atom. The number of anilines is 1. The van der Waals surface area contributed by atoms with Crippen molar-refractivity contribution < 1.29 is 72.8 Å². The van der Waals surface area contributed by atoms with Crippen molar-refractivity contribution in [2.24, 2.45) is 0 Å². The van der Waals surface area contributed by atoms with E-state index < -0.39 is 25.0 Å². The molecule has 0 bridgehead atoms. The van der Waals surface area contributed by atoms with E-state index in [1.54, 1.807) is 0 Å². The zero-order valence-electron chi connectivity index (χ0n) is 12.7. The third-order valence-corrected chi connectivity index (χ3v) is 4.60. The molecule has 25 heavy (non-hydrogen) atoms. The Morgan fingerprint density at radius 3 is 2.16 bits per heavy atom. The molecule has 0 saturated heterocycles. The zero-order chi connectivity index (χ0) is 18.3. The standard InChI is InChI=1S/C11H8Cl2N4O5S2.K/c1-14-9-5-15-17(11(9)16-23(2,18)19)10-7(12)3-6(4-8(10)13)24(20,21)22;/h3-5,16H,2H3,(H,20,21,22);/q;+1/p-1. The van der Waals surface area contributed by atoms with E-state index in [1.807, 2.05) is 0 Å². The van der Waals surface area contributed by atoms with E-state index in [2.05, 4.69) is 14.7 Å². The van der Waals surface area contributed by atoms with E-state index in [0.29, 0.717) is 0 Å². The largest absolute Gasteiger partial charge is 1.00 e. The Kier molecular flexibility index (Phi) is 7.51. The molecule has 1 N–H and O–H groups in total. The monoisotopic (exact) mass is 448 g/mol. The molecule has 0 aliphatic carbocycles. The van der Waals surface area contributed by atoms with Gasteiger partial charge in [-0.05, 0) is 12.1 Å². The van der Waals surface area contributed by atoms with Crippen molar-refractivity contribution in [3.05, 3.63) is 39.8 Å². The number of rotatable bonds is 4. The van der Waals surface area contributed by atoms with E-state index in [9.17, 15) is 21.4 Å². The third kappa shape index (κ3) is 5.39. The minimum absolute atomic E-state index is 0. The molecule has 0 aliphatic rings. The summed E-state index contributed by atoms with van der Waals surface area (Å²) in [6.45, 7) is 7.04. The Hall–Kier alpha value is -0.204. The molecule has 1 aromatic carbocycles. The maximum atomic E-state index is 11.5. The van der Waals surface area contributed by atoms with Gasteiger partial charge in [0.15, 0.2) is 0 Å². The van der Waals surface area contributed by atoms with Crippen LogP contribution in [0.4, 0.5) is 11.5 Å². The van der Waals surface area contributed by atoms with E-state index in [4.69, 9.17) is 29.8 Å². The van der Waals surface area contributed by atoms with Crippen LogP contribution in [0.1, 0.15) is 0 Å². The Bertz CT molecular complexity index is 1050. The van der Waals surface area contributed by atoms with Gasteiger partial charge in [0.2, 0.25) is 15.7 Å². The summed E-state index contributed by atoms with van der Waals surface area (Å²) in [7, 11) is -8.55. The average Bonchev–Trinajstić information content (AvgIpc) is 2.77. The van der Waals surface area contributed by atoms with Gasteiger partial charge in [-0.15, -0.1) is 0 Å². The van der Waals surface area contributed by atoms with Gasteiger partial charge in [0.1, 0.15) is 21.6 Å². The first-order chi connectivity index (χ1) is 10.9. The van der Waals surface area contributed by atoms with Gasteiger partial charge < -0.3 is 4.55 Å². The SMILES string of the molecule is [C-]#[N+]c1cnn(-c2c(Cl)cc(S(=O)(=O)[O-])cc2Cl)c1NS(C)(=O)=O.[K+]. The Balaban J connectivity index is 0.00000312. The van der Waals surface area contributed by atoms with Crippen molar-refractivity contribution in [2.45, 2.75) is 4.90 Å². The summed E-state index contributed by atoms with van der Waals surface area (Å²) in [5, 5.41) is 3.29. The van der Waals surface area contributed by atoms with Crippen molar-refractivity contribution in [1.82, 2.24) is 9.78 Å². The van der Waals surface area contributed by atoms with Gasteiger partial charge >= 0.3 is 51.4 Å². The van der Waals surface area contributed by atoms with Crippen LogP contribution < -0.4 is 56.1 Å². The number of hydrogen-bond donors (Lipinski definition) is 1. The minimum Gasteiger partial charge on any atom is -0.744 e. The van der Waals surface area contributed by atoms with Crippen LogP contribution in [-0.4, -0.2) is 37.4 Å². The number of benzene rings is 1. The predicted octanol–water partition coefficient (Wildman–Crippen LogP) is -0.991. The smallest absolute Gasteiger partial charge is 0.744 e. The average molecular weight is 449 g/mol. The van der Waals surface area contributed by atoms with Crippen LogP contribution in [0.25, 0.3) is 10.5 Å². The fourth-order valence-corrected chi connectivity index (χ4v) is 3.59. The third-order valence-electron chi connectivity index (χ3n) is 2.64. The molecular weight excluding hydrogens is 442 g/mol. The molecule has 0 radical (unpaired) electrons. The number of halogens is 2. The van der Waals surface area contributed by atoms with Gasteiger partial charge in [-0.1, -0.05) is 23.2 Å². The van der Waals surface area contributed by atoms with Crippen LogP contribution in [0, 0.1) is 6.57 Å². The molecule has 0 fully saturated rings. The molecule has 2 aromatic rings. The maximum absolute atomic E-state index is 11.5. The van der Waals surface area contributed by atoms with Crippen LogP contribution in [0.15, 0.2) is 23.2 Å². The molecule has 0 spiro atoms. The molecule has 0 unspecified atom stereocenters. The fourth-order valence-electron chi connectivity index (χ4n) is 1.75. The topological polar surface area (TPSA) is 126 Å². The normalized spacial score (nSPS) is 11.5.